The number of hydrogen-bond acceptors (Lipinski definition) is 3. The molecular weight excluding hydrogens is 344 g/mol. The summed E-state index contributed by atoms with van der Waals surface area (Å²) in [6, 6.07) is 3.83. The second-order valence-corrected chi connectivity index (χ2v) is 6.10. The molecule has 5 heteroatoms. The zero-order chi connectivity index (χ0) is 13.3. The largest absolute Gasteiger partial charge is 0.397 e. The molecule has 0 aliphatic carbocycles. The molecule has 18 heavy (non-hydrogen) atoms. The van der Waals surface area contributed by atoms with E-state index in [0.29, 0.717) is 15.3 Å². The van der Waals surface area contributed by atoms with Crippen LogP contribution in [0.25, 0.3) is 0 Å². The highest BCUT2D eigenvalue weighted by Crippen LogP contribution is 2.28. The minimum Gasteiger partial charge on any atom is -0.397 e. The molecule has 1 saturated heterocycles. The van der Waals surface area contributed by atoms with Crippen molar-refractivity contribution in [3.8, 4) is 0 Å². The van der Waals surface area contributed by atoms with Gasteiger partial charge < -0.3 is 10.6 Å². The van der Waals surface area contributed by atoms with Crippen molar-refractivity contribution in [1.29, 1.82) is 0 Å². The minimum absolute atomic E-state index is 0.189. The van der Waals surface area contributed by atoms with Crippen LogP contribution >= 0.6 is 22.6 Å². The third-order valence-electron chi connectivity index (χ3n) is 3.45. The molecule has 2 rings (SSSR count). The highest BCUT2D eigenvalue weighted by atomic mass is 127. The maximum absolute atomic E-state index is 13.6. The van der Waals surface area contributed by atoms with Gasteiger partial charge in [0.1, 0.15) is 5.82 Å². The molecular formula is C13H19FIN3. The number of rotatable bonds is 2. The first-order valence-electron chi connectivity index (χ1n) is 6.22. The van der Waals surface area contributed by atoms with Gasteiger partial charge in [-0.2, -0.15) is 0 Å². The van der Waals surface area contributed by atoms with E-state index < -0.39 is 0 Å². The Morgan fingerprint density at radius 1 is 1.22 bits per heavy atom. The molecule has 1 aromatic carbocycles. The first-order chi connectivity index (χ1) is 8.49. The Hall–Kier alpha value is -0.560. The van der Waals surface area contributed by atoms with Crippen molar-refractivity contribution in [3.05, 3.63) is 21.5 Å². The number of anilines is 2. The molecule has 1 aliphatic heterocycles. The summed E-state index contributed by atoms with van der Waals surface area (Å²) in [6.45, 7) is 8.23. The number of hydrogen-bond donors (Lipinski definition) is 1. The first kappa shape index (κ1) is 13.9. The zero-order valence-corrected chi connectivity index (χ0v) is 12.9. The summed E-state index contributed by atoms with van der Waals surface area (Å²) in [6.07, 6.45) is 0. The number of nitrogens with zero attached hydrogens (tertiary/aromatic N) is 2. The van der Waals surface area contributed by atoms with Crippen molar-refractivity contribution in [1.82, 2.24) is 4.90 Å². The standard InChI is InChI=1S/C13H19FIN3/c1-9(2)17-3-5-18(6-4-17)13-7-10(14)11(15)8-12(13)16/h7-9H,3-6,16H2,1-2H3. The Kier molecular flexibility index (Phi) is 4.32. The average Bonchev–Trinajstić information content (AvgIpc) is 2.34. The van der Waals surface area contributed by atoms with E-state index in [1.807, 2.05) is 22.6 Å². The quantitative estimate of drug-likeness (QED) is 0.648. The fourth-order valence-corrected chi connectivity index (χ4v) is 2.80. The maximum Gasteiger partial charge on any atom is 0.138 e. The van der Waals surface area contributed by atoms with Crippen LogP contribution in [0.5, 0.6) is 0 Å². The molecule has 1 aromatic rings. The molecule has 100 valence electrons. The summed E-state index contributed by atoms with van der Waals surface area (Å²) in [4.78, 5) is 4.60. The van der Waals surface area contributed by atoms with Crippen molar-refractivity contribution < 1.29 is 4.39 Å². The Morgan fingerprint density at radius 3 is 2.39 bits per heavy atom. The van der Waals surface area contributed by atoms with Crippen LogP contribution in [0.2, 0.25) is 0 Å². The maximum atomic E-state index is 13.6. The van der Waals surface area contributed by atoms with Crippen LogP contribution in [0.4, 0.5) is 15.8 Å². The third kappa shape index (κ3) is 2.88. The van der Waals surface area contributed by atoms with Crippen molar-refractivity contribution in [2.75, 3.05) is 36.8 Å². The number of halogens is 2. The Balaban J connectivity index is 2.12. The zero-order valence-electron chi connectivity index (χ0n) is 10.8. The SMILES string of the molecule is CC(C)N1CCN(c2cc(F)c(I)cc2N)CC1. The summed E-state index contributed by atoms with van der Waals surface area (Å²) >= 11 is 1.97. The predicted molar refractivity (Wildman–Crippen MR) is 82.5 cm³/mol. The molecule has 0 spiro atoms. The monoisotopic (exact) mass is 363 g/mol. The van der Waals surface area contributed by atoms with E-state index in [-0.39, 0.29) is 5.82 Å². The normalized spacial score (nSPS) is 17.5. The van der Waals surface area contributed by atoms with Crippen LogP contribution in [0.3, 0.4) is 0 Å². The van der Waals surface area contributed by atoms with E-state index in [1.165, 1.54) is 0 Å². The van der Waals surface area contributed by atoms with Gasteiger partial charge in [0.15, 0.2) is 0 Å². The second kappa shape index (κ2) is 5.61. The van der Waals surface area contributed by atoms with E-state index in [4.69, 9.17) is 5.73 Å². The van der Waals surface area contributed by atoms with E-state index in [1.54, 1.807) is 12.1 Å². The van der Waals surface area contributed by atoms with Crippen molar-refractivity contribution in [3.63, 3.8) is 0 Å². The van der Waals surface area contributed by atoms with Crippen LogP contribution in [-0.4, -0.2) is 37.1 Å². The highest BCUT2D eigenvalue weighted by Gasteiger charge is 2.21. The minimum atomic E-state index is -0.189. The van der Waals surface area contributed by atoms with E-state index in [9.17, 15) is 4.39 Å². The fraction of sp³-hybridized carbons (Fsp3) is 0.538. The topological polar surface area (TPSA) is 32.5 Å². The van der Waals surface area contributed by atoms with Gasteiger partial charge in [-0.3, -0.25) is 4.90 Å². The molecule has 0 amide bonds. The Morgan fingerprint density at radius 2 is 1.83 bits per heavy atom. The van der Waals surface area contributed by atoms with E-state index >= 15 is 0 Å². The first-order valence-corrected chi connectivity index (χ1v) is 7.30. The van der Waals surface area contributed by atoms with Gasteiger partial charge in [-0.25, -0.2) is 4.39 Å². The molecule has 0 aromatic heterocycles. The smallest absolute Gasteiger partial charge is 0.138 e. The van der Waals surface area contributed by atoms with Gasteiger partial charge in [-0.1, -0.05) is 0 Å². The van der Waals surface area contributed by atoms with Gasteiger partial charge in [0, 0.05) is 38.3 Å². The molecule has 3 nitrogen and oxygen atoms in total. The molecule has 2 N–H and O–H groups in total. The molecule has 0 saturated carbocycles. The molecule has 0 radical (unpaired) electrons. The molecule has 0 atom stereocenters. The average molecular weight is 363 g/mol. The van der Waals surface area contributed by atoms with Crippen molar-refractivity contribution in [2.45, 2.75) is 19.9 Å². The van der Waals surface area contributed by atoms with Gasteiger partial charge in [-0.05, 0) is 42.5 Å². The summed E-state index contributed by atoms with van der Waals surface area (Å²) in [5, 5.41) is 0. The predicted octanol–water partition coefficient (Wildman–Crippen LogP) is 2.54. The van der Waals surface area contributed by atoms with Gasteiger partial charge in [0.2, 0.25) is 0 Å². The molecule has 1 heterocycles. The van der Waals surface area contributed by atoms with Crippen LogP contribution in [0.15, 0.2) is 12.1 Å². The summed E-state index contributed by atoms with van der Waals surface area (Å²) in [7, 11) is 0. The summed E-state index contributed by atoms with van der Waals surface area (Å²) in [5.74, 6) is -0.189. The number of piperazine rings is 1. The molecule has 0 unspecified atom stereocenters. The van der Waals surface area contributed by atoms with E-state index in [0.717, 1.165) is 31.9 Å². The lowest BCUT2D eigenvalue weighted by atomic mass is 10.2. The van der Waals surface area contributed by atoms with Gasteiger partial charge >= 0.3 is 0 Å². The fourth-order valence-electron chi connectivity index (χ4n) is 2.30. The van der Waals surface area contributed by atoms with E-state index in [2.05, 4.69) is 23.6 Å². The molecule has 1 fully saturated rings. The number of benzene rings is 1. The van der Waals surface area contributed by atoms with Gasteiger partial charge in [0.05, 0.1) is 14.9 Å². The van der Waals surface area contributed by atoms with Gasteiger partial charge in [0.25, 0.3) is 0 Å². The van der Waals surface area contributed by atoms with Crippen LogP contribution in [-0.2, 0) is 0 Å². The lowest BCUT2D eigenvalue weighted by molar-refractivity contribution is 0.209. The molecule has 1 aliphatic rings. The van der Waals surface area contributed by atoms with Gasteiger partial charge in [-0.15, -0.1) is 0 Å². The second-order valence-electron chi connectivity index (χ2n) is 4.94. The third-order valence-corrected chi connectivity index (χ3v) is 4.28. The lowest BCUT2D eigenvalue weighted by Gasteiger charge is -2.38. The molecule has 0 bridgehead atoms. The van der Waals surface area contributed by atoms with Crippen molar-refractivity contribution in [2.24, 2.45) is 0 Å². The Labute approximate surface area is 121 Å². The van der Waals surface area contributed by atoms with Crippen LogP contribution < -0.4 is 10.6 Å². The Bertz CT molecular complexity index is 428. The van der Waals surface area contributed by atoms with Crippen molar-refractivity contribution >= 4 is 34.0 Å². The lowest BCUT2D eigenvalue weighted by Crippen LogP contribution is -2.49. The number of nitrogens with two attached hydrogens (primary N) is 1. The van der Waals surface area contributed by atoms with Crippen LogP contribution in [0, 0.1) is 9.39 Å². The van der Waals surface area contributed by atoms with Crippen LogP contribution in [0.1, 0.15) is 13.8 Å². The number of nitrogen functional groups attached to an aromatic ring is 1. The highest BCUT2D eigenvalue weighted by molar-refractivity contribution is 14.1. The summed E-state index contributed by atoms with van der Waals surface area (Å²) in [5.41, 5.74) is 7.48. The summed E-state index contributed by atoms with van der Waals surface area (Å²) < 4.78 is 14.2.